The zero-order valence-corrected chi connectivity index (χ0v) is 11.6. The van der Waals surface area contributed by atoms with Crippen LogP contribution in [0.1, 0.15) is 12.5 Å². The lowest BCUT2D eigenvalue weighted by atomic mass is 10.2. The third-order valence-electron chi connectivity index (χ3n) is 2.61. The van der Waals surface area contributed by atoms with Crippen molar-refractivity contribution in [2.45, 2.75) is 24.0 Å². The lowest BCUT2D eigenvalue weighted by Crippen LogP contribution is -2.37. The number of nitrogens with one attached hydrogen (secondary N) is 2. The number of halogens is 4. The van der Waals surface area contributed by atoms with Crippen LogP contribution in [0.15, 0.2) is 23.1 Å². The van der Waals surface area contributed by atoms with E-state index >= 15 is 0 Å². The van der Waals surface area contributed by atoms with Crippen molar-refractivity contribution in [2.24, 2.45) is 0 Å². The third-order valence-corrected chi connectivity index (χ3v) is 4.09. The molecule has 0 aromatic heterocycles. The minimum atomic E-state index is -4.96. The third kappa shape index (κ3) is 4.15. The van der Waals surface area contributed by atoms with Crippen molar-refractivity contribution in [2.75, 3.05) is 13.6 Å². The van der Waals surface area contributed by atoms with Gasteiger partial charge in [0.25, 0.3) is 0 Å². The van der Waals surface area contributed by atoms with E-state index in [2.05, 4.69) is 5.32 Å². The summed E-state index contributed by atoms with van der Waals surface area (Å²) in [7, 11) is -2.79. The molecule has 20 heavy (non-hydrogen) atoms. The summed E-state index contributed by atoms with van der Waals surface area (Å²) < 4.78 is 77.0. The predicted molar refractivity (Wildman–Crippen MR) is 65.1 cm³/mol. The summed E-state index contributed by atoms with van der Waals surface area (Å²) in [6.45, 7) is 1.56. The highest BCUT2D eigenvalue weighted by Gasteiger charge is 2.37. The first-order valence-electron chi connectivity index (χ1n) is 5.61. The molecule has 1 atom stereocenters. The molecule has 4 nitrogen and oxygen atoms in total. The van der Waals surface area contributed by atoms with Gasteiger partial charge in [0, 0.05) is 12.6 Å². The molecule has 1 unspecified atom stereocenters. The predicted octanol–water partition coefficient (Wildman–Crippen LogP) is 1.73. The SMILES string of the molecule is CNC(C)CNS(=O)(=O)c1ccc(F)cc1C(F)(F)F. The highest BCUT2D eigenvalue weighted by atomic mass is 32.2. The first-order valence-corrected chi connectivity index (χ1v) is 7.10. The summed E-state index contributed by atoms with van der Waals surface area (Å²) in [5.41, 5.74) is -1.53. The summed E-state index contributed by atoms with van der Waals surface area (Å²) in [6.07, 6.45) is -4.96. The zero-order valence-electron chi connectivity index (χ0n) is 10.8. The minimum Gasteiger partial charge on any atom is -0.316 e. The molecule has 0 heterocycles. The van der Waals surface area contributed by atoms with Crippen molar-refractivity contribution in [3.63, 3.8) is 0 Å². The Morgan fingerprint density at radius 3 is 2.40 bits per heavy atom. The van der Waals surface area contributed by atoms with Crippen molar-refractivity contribution in [1.82, 2.24) is 10.0 Å². The molecule has 0 aliphatic rings. The Hall–Kier alpha value is -1.19. The highest BCUT2D eigenvalue weighted by Crippen LogP contribution is 2.34. The van der Waals surface area contributed by atoms with Crippen LogP contribution in [0.2, 0.25) is 0 Å². The molecule has 0 bridgehead atoms. The average molecular weight is 314 g/mol. The van der Waals surface area contributed by atoms with Gasteiger partial charge < -0.3 is 5.32 Å². The van der Waals surface area contributed by atoms with Gasteiger partial charge in [0.1, 0.15) is 5.82 Å². The van der Waals surface area contributed by atoms with Gasteiger partial charge in [-0.1, -0.05) is 0 Å². The second kappa shape index (κ2) is 6.06. The number of hydrogen-bond donors (Lipinski definition) is 2. The van der Waals surface area contributed by atoms with Crippen molar-refractivity contribution in [3.05, 3.63) is 29.6 Å². The summed E-state index contributed by atoms with van der Waals surface area (Å²) in [6, 6.07) is 1.17. The van der Waals surface area contributed by atoms with Gasteiger partial charge in [0.05, 0.1) is 10.5 Å². The molecule has 2 N–H and O–H groups in total. The molecule has 0 amide bonds. The van der Waals surface area contributed by atoms with E-state index in [1.165, 1.54) is 0 Å². The number of hydrogen-bond acceptors (Lipinski definition) is 3. The molecule has 0 saturated carbocycles. The van der Waals surface area contributed by atoms with E-state index in [1.807, 2.05) is 4.72 Å². The van der Waals surface area contributed by atoms with E-state index < -0.39 is 32.5 Å². The Kier molecular flexibility index (Phi) is 5.11. The van der Waals surface area contributed by atoms with Crippen LogP contribution in [0.25, 0.3) is 0 Å². The Bertz CT molecular complexity index is 572. The number of benzene rings is 1. The number of sulfonamides is 1. The van der Waals surface area contributed by atoms with Crippen LogP contribution in [0.3, 0.4) is 0 Å². The van der Waals surface area contributed by atoms with Crippen molar-refractivity contribution >= 4 is 10.0 Å². The Balaban J connectivity index is 3.18. The second-order valence-corrected chi connectivity index (χ2v) is 5.92. The zero-order chi connectivity index (χ0) is 15.6. The molecule has 1 rings (SSSR count). The smallest absolute Gasteiger partial charge is 0.316 e. The van der Waals surface area contributed by atoms with Crippen LogP contribution >= 0.6 is 0 Å². The van der Waals surface area contributed by atoms with Crippen LogP contribution in [-0.4, -0.2) is 28.1 Å². The van der Waals surface area contributed by atoms with E-state index in [0.29, 0.717) is 12.1 Å². The molecule has 0 saturated heterocycles. The van der Waals surface area contributed by atoms with Crippen molar-refractivity contribution in [3.8, 4) is 0 Å². The fourth-order valence-electron chi connectivity index (χ4n) is 1.37. The van der Waals surface area contributed by atoms with Crippen molar-refractivity contribution < 1.29 is 26.0 Å². The number of alkyl halides is 3. The molecular weight excluding hydrogens is 300 g/mol. The van der Waals surface area contributed by atoms with E-state index in [0.717, 1.165) is 0 Å². The van der Waals surface area contributed by atoms with E-state index in [-0.39, 0.29) is 18.7 Å². The van der Waals surface area contributed by atoms with Crippen molar-refractivity contribution in [1.29, 1.82) is 0 Å². The van der Waals surface area contributed by atoms with Gasteiger partial charge >= 0.3 is 6.18 Å². The van der Waals surface area contributed by atoms with Gasteiger partial charge in [-0.05, 0) is 32.2 Å². The van der Waals surface area contributed by atoms with Crippen LogP contribution < -0.4 is 10.0 Å². The van der Waals surface area contributed by atoms with Crippen LogP contribution in [0, 0.1) is 5.82 Å². The quantitative estimate of drug-likeness (QED) is 0.814. The lowest BCUT2D eigenvalue weighted by Gasteiger charge is -2.16. The maximum Gasteiger partial charge on any atom is 0.417 e. The Morgan fingerprint density at radius 2 is 1.90 bits per heavy atom. The van der Waals surface area contributed by atoms with E-state index in [1.54, 1.807) is 14.0 Å². The maximum atomic E-state index is 12.9. The molecule has 0 aliphatic heterocycles. The van der Waals surface area contributed by atoms with Crippen LogP contribution in [0.5, 0.6) is 0 Å². The summed E-state index contributed by atoms with van der Waals surface area (Å²) in [5, 5.41) is 2.73. The normalized spacial score (nSPS) is 14.3. The fourth-order valence-corrected chi connectivity index (χ4v) is 2.71. The van der Waals surface area contributed by atoms with E-state index in [4.69, 9.17) is 0 Å². The van der Waals surface area contributed by atoms with Gasteiger partial charge in [0.2, 0.25) is 10.0 Å². The summed E-state index contributed by atoms with van der Waals surface area (Å²) in [5.74, 6) is -1.15. The Labute approximate surface area is 114 Å². The first-order chi connectivity index (χ1) is 9.08. The second-order valence-electron chi connectivity index (χ2n) is 4.18. The maximum absolute atomic E-state index is 12.9. The standard InChI is InChI=1S/C11H14F4N2O2S/c1-7(16-2)6-17-20(18,19)10-4-3-8(12)5-9(10)11(13,14)15/h3-5,7,16-17H,6H2,1-2H3. The highest BCUT2D eigenvalue weighted by molar-refractivity contribution is 7.89. The first kappa shape index (κ1) is 16.9. The van der Waals surface area contributed by atoms with Crippen LogP contribution in [0.4, 0.5) is 17.6 Å². The topological polar surface area (TPSA) is 58.2 Å². The number of likely N-dealkylation sites (N-methyl/N-ethyl adjacent to an activating group) is 1. The molecule has 0 fully saturated rings. The average Bonchev–Trinajstić information content (AvgIpc) is 2.34. The number of rotatable bonds is 5. The largest absolute Gasteiger partial charge is 0.417 e. The monoisotopic (exact) mass is 314 g/mol. The Morgan fingerprint density at radius 1 is 1.30 bits per heavy atom. The van der Waals surface area contributed by atoms with Crippen LogP contribution in [-0.2, 0) is 16.2 Å². The molecular formula is C11H14F4N2O2S. The fraction of sp³-hybridized carbons (Fsp3) is 0.455. The minimum absolute atomic E-state index is 0.0898. The molecule has 1 aromatic rings. The van der Waals surface area contributed by atoms with Gasteiger partial charge in [-0.15, -0.1) is 0 Å². The molecule has 114 valence electrons. The molecule has 1 aromatic carbocycles. The molecule has 9 heteroatoms. The molecule has 0 radical (unpaired) electrons. The molecule has 0 aliphatic carbocycles. The van der Waals surface area contributed by atoms with Gasteiger partial charge in [-0.2, -0.15) is 13.2 Å². The van der Waals surface area contributed by atoms with Gasteiger partial charge in [0.15, 0.2) is 0 Å². The summed E-state index contributed by atoms with van der Waals surface area (Å²) in [4.78, 5) is -0.991. The van der Waals surface area contributed by atoms with E-state index in [9.17, 15) is 26.0 Å². The lowest BCUT2D eigenvalue weighted by molar-refractivity contribution is -0.140. The van der Waals surface area contributed by atoms with Gasteiger partial charge in [-0.25, -0.2) is 17.5 Å². The van der Waals surface area contributed by atoms with Gasteiger partial charge in [-0.3, -0.25) is 0 Å². The summed E-state index contributed by atoms with van der Waals surface area (Å²) >= 11 is 0. The molecule has 0 spiro atoms.